The lowest BCUT2D eigenvalue weighted by Gasteiger charge is -2.33. The van der Waals surface area contributed by atoms with Crippen molar-refractivity contribution in [3.8, 4) is 0 Å². The third-order valence-electron chi connectivity index (χ3n) is 4.16. The Bertz CT molecular complexity index is 534. The van der Waals surface area contributed by atoms with E-state index >= 15 is 0 Å². The van der Waals surface area contributed by atoms with Crippen LogP contribution in [0.25, 0.3) is 0 Å². The molecular formula is C18H28IN3O2S. The third kappa shape index (κ3) is 7.43. The summed E-state index contributed by atoms with van der Waals surface area (Å²) in [6.07, 6.45) is 2.74. The molecule has 0 bridgehead atoms. The summed E-state index contributed by atoms with van der Waals surface area (Å²) < 4.78 is 4.83. The highest BCUT2D eigenvalue weighted by Crippen LogP contribution is 2.19. The molecule has 7 heteroatoms. The minimum atomic E-state index is -0.0875. The number of likely N-dealkylation sites (tertiary alicyclic amines) is 1. The molecule has 0 unspecified atom stereocenters. The summed E-state index contributed by atoms with van der Waals surface area (Å²) in [5.41, 5.74) is 0. The van der Waals surface area contributed by atoms with Gasteiger partial charge in [-0.15, -0.1) is 35.7 Å². The second-order valence-corrected chi connectivity index (χ2v) is 6.94. The minimum Gasteiger partial charge on any atom is -0.469 e. The molecule has 1 aliphatic heterocycles. The van der Waals surface area contributed by atoms with Crippen molar-refractivity contribution in [2.75, 3.05) is 39.5 Å². The van der Waals surface area contributed by atoms with Gasteiger partial charge >= 0.3 is 5.97 Å². The van der Waals surface area contributed by atoms with E-state index in [0.29, 0.717) is 0 Å². The largest absolute Gasteiger partial charge is 0.469 e. The molecular weight excluding hydrogens is 449 g/mol. The molecule has 25 heavy (non-hydrogen) atoms. The van der Waals surface area contributed by atoms with Crippen molar-refractivity contribution in [3.05, 3.63) is 30.3 Å². The average Bonchev–Trinajstić information content (AvgIpc) is 2.65. The minimum absolute atomic E-state index is 0. The molecule has 0 spiro atoms. The van der Waals surface area contributed by atoms with Gasteiger partial charge < -0.3 is 15.0 Å². The summed E-state index contributed by atoms with van der Waals surface area (Å²) in [4.78, 5) is 19.5. The summed E-state index contributed by atoms with van der Waals surface area (Å²) in [6, 6.07) is 10.5. The number of thioether (sulfide) groups is 1. The second kappa shape index (κ2) is 12.4. The Balaban J connectivity index is 0.00000312. The van der Waals surface area contributed by atoms with E-state index in [2.05, 4.69) is 39.5 Å². The first-order valence-corrected chi connectivity index (χ1v) is 9.44. The van der Waals surface area contributed by atoms with Crippen LogP contribution in [0.2, 0.25) is 0 Å². The molecule has 1 fully saturated rings. The zero-order valence-electron chi connectivity index (χ0n) is 14.9. The molecule has 1 heterocycles. The van der Waals surface area contributed by atoms with E-state index in [1.165, 1.54) is 12.0 Å². The number of halogens is 1. The molecule has 5 nitrogen and oxygen atoms in total. The van der Waals surface area contributed by atoms with Crippen LogP contribution in [0.15, 0.2) is 40.2 Å². The quantitative estimate of drug-likeness (QED) is 0.170. The Morgan fingerprint density at radius 1 is 1.32 bits per heavy atom. The Hall–Kier alpha value is -0.960. The van der Waals surface area contributed by atoms with E-state index in [1.54, 1.807) is 0 Å². The monoisotopic (exact) mass is 477 g/mol. The fraction of sp³-hybridized carbons (Fsp3) is 0.556. The van der Waals surface area contributed by atoms with Gasteiger partial charge in [-0.1, -0.05) is 18.2 Å². The van der Waals surface area contributed by atoms with Crippen molar-refractivity contribution in [1.29, 1.82) is 0 Å². The number of hydrogen-bond acceptors (Lipinski definition) is 4. The fourth-order valence-corrected chi connectivity index (χ4v) is 3.68. The molecule has 1 saturated heterocycles. The normalized spacial score (nSPS) is 15.4. The van der Waals surface area contributed by atoms with E-state index in [4.69, 9.17) is 4.74 Å². The number of benzene rings is 1. The van der Waals surface area contributed by atoms with Gasteiger partial charge in [0.2, 0.25) is 0 Å². The maximum atomic E-state index is 11.6. The van der Waals surface area contributed by atoms with Gasteiger partial charge in [-0.3, -0.25) is 9.79 Å². The zero-order valence-corrected chi connectivity index (χ0v) is 18.1. The number of ether oxygens (including phenoxy) is 1. The molecule has 1 aromatic carbocycles. The topological polar surface area (TPSA) is 53.9 Å². The van der Waals surface area contributed by atoms with Crippen LogP contribution in [-0.2, 0) is 9.53 Å². The van der Waals surface area contributed by atoms with E-state index in [1.807, 2.05) is 24.9 Å². The lowest BCUT2D eigenvalue weighted by Crippen LogP contribution is -2.46. The molecule has 0 radical (unpaired) electrons. The molecule has 1 aromatic rings. The lowest BCUT2D eigenvalue weighted by atomic mass is 9.97. The zero-order chi connectivity index (χ0) is 17.2. The average molecular weight is 477 g/mol. The molecule has 0 saturated carbocycles. The number of hydrogen-bond donors (Lipinski definition) is 1. The highest BCUT2D eigenvalue weighted by atomic mass is 127. The summed E-state index contributed by atoms with van der Waals surface area (Å²) >= 11 is 1.88. The Labute approximate surface area is 172 Å². The Morgan fingerprint density at radius 2 is 2.00 bits per heavy atom. The number of nitrogens with one attached hydrogen (secondary N) is 1. The van der Waals surface area contributed by atoms with Gasteiger partial charge in [-0.05, 0) is 37.1 Å². The molecule has 140 valence electrons. The van der Waals surface area contributed by atoms with Crippen LogP contribution in [0.1, 0.15) is 19.3 Å². The van der Waals surface area contributed by atoms with Crippen LogP contribution < -0.4 is 5.32 Å². The van der Waals surface area contributed by atoms with Gasteiger partial charge in [0, 0.05) is 31.6 Å². The summed E-state index contributed by atoms with van der Waals surface area (Å²) in [7, 11) is 3.27. The standard InChI is InChI=1S/C18H27N3O2S.HI/c1-19-18(21-12-9-15(10-13-21)17(22)23-2)20-11-6-14-24-16-7-4-3-5-8-16;/h3-5,7-8,15H,6,9-14H2,1-2H3,(H,19,20);1H. The van der Waals surface area contributed by atoms with Gasteiger partial charge in [0.05, 0.1) is 13.0 Å². The van der Waals surface area contributed by atoms with Crippen molar-refractivity contribution in [3.63, 3.8) is 0 Å². The number of carbonyl (C=O) groups is 1. The highest BCUT2D eigenvalue weighted by molar-refractivity contribution is 14.0. The van der Waals surface area contributed by atoms with Crippen molar-refractivity contribution in [2.24, 2.45) is 10.9 Å². The van der Waals surface area contributed by atoms with Gasteiger partial charge in [-0.25, -0.2) is 0 Å². The number of nitrogens with zero attached hydrogens (tertiary/aromatic N) is 2. The van der Waals surface area contributed by atoms with Crippen LogP contribution in [0, 0.1) is 5.92 Å². The van der Waals surface area contributed by atoms with Crippen molar-refractivity contribution in [2.45, 2.75) is 24.2 Å². The van der Waals surface area contributed by atoms with Gasteiger partial charge in [0.15, 0.2) is 5.96 Å². The van der Waals surface area contributed by atoms with Crippen molar-refractivity contribution >= 4 is 47.7 Å². The lowest BCUT2D eigenvalue weighted by molar-refractivity contribution is -0.146. The molecule has 2 rings (SSSR count). The molecule has 0 aromatic heterocycles. The van der Waals surface area contributed by atoms with Gasteiger partial charge in [0.25, 0.3) is 0 Å². The van der Waals surface area contributed by atoms with Gasteiger partial charge in [-0.2, -0.15) is 0 Å². The summed E-state index contributed by atoms with van der Waals surface area (Å²) in [5, 5.41) is 3.43. The Kier molecular flexibility index (Phi) is 11.0. The van der Waals surface area contributed by atoms with Crippen molar-refractivity contribution in [1.82, 2.24) is 10.2 Å². The van der Waals surface area contributed by atoms with Crippen molar-refractivity contribution < 1.29 is 9.53 Å². The predicted molar refractivity (Wildman–Crippen MR) is 115 cm³/mol. The van der Waals surface area contributed by atoms with Crippen LogP contribution in [-0.4, -0.2) is 56.4 Å². The maximum absolute atomic E-state index is 11.6. The maximum Gasteiger partial charge on any atom is 0.308 e. The first-order chi connectivity index (χ1) is 11.7. The first kappa shape index (κ1) is 22.1. The predicted octanol–water partition coefficient (Wildman–Crippen LogP) is 3.25. The van der Waals surface area contributed by atoms with E-state index < -0.39 is 0 Å². The number of carbonyl (C=O) groups excluding carboxylic acids is 1. The van der Waals surface area contributed by atoms with Crippen LogP contribution in [0.5, 0.6) is 0 Å². The molecule has 1 aliphatic rings. The fourth-order valence-electron chi connectivity index (χ4n) is 2.81. The SMILES string of the molecule is CN=C(NCCCSc1ccccc1)N1CCC(C(=O)OC)CC1.I. The third-order valence-corrected chi connectivity index (χ3v) is 5.26. The van der Waals surface area contributed by atoms with Crippen LogP contribution in [0.4, 0.5) is 0 Å². The second-order valence-electron chi connectivity index (χ2n) is 5.77. The number of aliphatic imine (C=N–C) groups is 1. The molecule has 0 aliphatic carbocycles. The molecule has 0 amide bonds. The summed E-state index contributed by atoms with van der Waals surface area (Å²) in [6.45, 7) is 2.60. The smallest absolute Gasteiger partial charge is 0.308 e. The number of rotatable bonds is 6. The first-order valence-electron chi connectivity index (χ1n) is 8.46. The summed E-state index contributed by atoms with van der Waals surface area (Å²) in [5.74, 6) is 1.96. The van der Waals surface area contributed by atoms with Crippen LogP contribution >= 0.6 is 35.7 Å². The number of guanidine groups is 1. The van der Waals surface area contributed by atoms with Gasteiger partial charge in [0.1, 0.15) is 0 Å². The highest BCUT2D eigenvalue weighted by Gasteiger charge is 2.26. The number of methoxy groups -OCH3 is 1. The Morgan fingerprint density at radius 3 is 2.60 bits per heavy atom. The van der Waals surface area contributed by atoms with E-state index in [-0.39, 0.29) is 35.9 Å². The van der Waals surface area contributed by atoms with E-state index in [9.17, 15) is 4.79 Å². The number of piperidine rings is 1. The molecule has 0 atom stereocenters. The number of esters is 1. The molecule has 1 N–H and O–H groups in total. The van der Waals surface area contributed by atoms with E-state index in [0.717, 1.165) is 50.6 Å². The van der Waals surface area contributed by atoms with Crippen LogP contribution in [0.3, 0.4) is 0 Å².